The molecule has 0 aromatic rings. The minimum absolute atomic E-state index is 0.0660. The first-order valence-corrected chi connectivity index (χ1v) is 6.26. The lowest BCUT2D eigenvalue weighted by Crippen LogP contribution is -2.24. The van der Waals surface area contributed by atoms with Crippen LogP contribution in [0.25, 0.3) is 0 Å². The van der Waals surface area contributed by atoms with Crippen LogP contribution < -0.4 is 0 Å². The van der Waals surface area contributed by atoms with Gasteiger partial charge in [-0.15, -0.1) is 0 Å². The third-order valence-corrected chi connectivity index (χ3v) is 2.41. The Kier molecular flexibility index (Phi) is 9.64. The van der Waals surface area contributed by atoms with Crippen molar-refractivity contribution in [1.29, 1.82) is 0 Å². The predicted octanol–water partition coefficient (Wildman–Crippen LogP) is 2.78. The molecule has 0 aliphatic carbocycles. The highest BCUT2D eigenvalue weighted by Gasteiger charge is 2.14. The van der Waals surface area contributed by atoms with E-state index >= 15 is 0 Å². The topological polar surface area (TPSA) is 52.6 Å². The summed E-state index contributed by atoms with van der Waals surface area (Å²) in [4.78, 5) is 22.1. The van der Waals surface area contributed by atoms with Crippen LogP contribution >= 0.6 is 0 Å². The molecular formula is C14H22O4. The lowest BCUT2D eigenvalue weighted by atomic mass is 10.1. The maximum Gasteiger partial charge on any atom is 0.330 e. The van der Waals surface area contributed by atoms with Crippen molar-refractivity contribution in [3.8, 4) is 0 Å². The second-order valence-electron chi connectivity index (χ2n) is 3.95. The van der Waals surface area contributed by atoms with Crippen LogP contribution in [0.5, 0.6) is 0 Å². The summed E-state index contributed by atoms with van der Waals surface area (Å²) in [5.41, 5.74) is 0. The minimum Gasteiger partial charge on any atom is -0.459 e. The van der Waals surface area contributed by atoms with Crippen LogP contribution in [0.15, 0.2) is 25.3 Å². The smallest absolute Gasteiger partial charge is 0.330 e. The van der Waals surface area contributed by atoms with Crippen LogP contribution in [-0.2, 0) is 19.1 Å². The molecule has 0 aromatic carbocycles. The number of hydrogen-bond donors (Lipinski definition) is 0. The van der Waals surface area contributed by atoms with Gasteiger partial charge in [-0.2, -0.15) is 0 Å². The molecule has 0 spiro atoms. The molecule has 0 N–H and O–H groups in total. The fourth-order valence-corrected chi connectivity index (χ4v) is 1.42. The molecule has 1 unspecified atom stereocenters. The highest BCUT2D eigenvalue weighted by molar-refractivity contribution is 5.82. The van der Waals surface area contributed by atoms with Crippen LogP contribution in [0.1, 0.15) is 39.0 Å². The maximum absolute atomic E-state index is 11.1. The molecule has 0 bridgehead atoms. The fourth-order valence-electron chi connectivity index (χ4n) is 1.42. The largest absolute Gasteiger partial charge is 0.459 e. The van der Waals surface area contributed by atoms with Gasteiger partial charge in [0.15, 0.2) is 0 Å². The third kappa shape index (κ3) is 8.56. The first-order chi connectivity index (χ1) is 8.63. The van der Waals surface area contributed by atoms with E-state index in [2.05, 4.69) is 20.1 Å². The number of carbonyl (C=O) groups excluding carboxylic acids is 2. The van der Waals surface area contributed by atoms with Crippen molar-refractivity contribution in [3.05, 3.63) is 25.3 Å². The summed E-state index contributed by atoms with van der Waals surface area (Å²) in [5.74, 6) is -1.01. The number of hydrogen-bond acceptors (Lipinski definition) is 4. The number of rotatable bonds is 10. The number of unbranched alkanes of at least 4 members (excludes halogenated alkanes) is 3. The first-order valence-electron chi connectivity index (χ1n) is 6.26. The summed E-state index contributed by atoms with van der Waals surface area (Å²) in [6, 6.07) is 0. The molecule has 0 aromatic heterocycles. The van der Waals surface area contributed by atoms with Crippen molar-refractivity contribution < 1.29 is 19.1 Å². The van der Waals surface area contributed by atoms with E-state index < -0.39 is 18.0 Å². The van der Waals surface area contributed by atoms with Gasteiger partial charge in [0.2, 0.25) is 0 Å². The molecule has 102 valence electrons. The highest BCUT2D eigenvalue weighted by atomic mass is 16.6. The van der Waals surface area contributed by atoms with E-state index in [4.69, 9.17) is 9.47 Å². The standard InChI is InChI=1S/C14H22O4/c1-4-7-8-9-10-12(18-14(16)6-3)11-17-13(15)5-2/h5-6,12H,2-4,7-11H2,1H3. The lowest BCUT2D eigenvalue weighted by Gasteiger charge is -2.16. The van der Waals surface area contributed by atoms with E-state index in [9.17, 15) is 9.59 Å². The minimum atomic E-state index is -0.511. The van der Waals surface area contributed by atoms with Crippen LogP contribution in [0.3, 0.4) is 0 Å². The van der Waals surface area contributed by atoms with Gasteiger partial charge in [0.25, 0.3) is 0 Å². The normalized spacial score (nSPS) is 11.4. The van der Waals surface area contributed by atoms with E-state index in [-0.39, 0.29) is 6.61 Å². The van der Waals surface area contributed by atoms with Gasteiger partial charge in [0.05, 0.1) is 0 Å². The lowest BCUT2D eigenvalue weighted by molar-refractivity contribution is -0.153. The van der Waals surface area contributed by atoms with E-state index in [1.54, 1.807) is 0 Å². The van der Waals surface area contributed by atoms with Gasteiger partial charge in [-0.05, 0) is 12.8 Å². The van der Waals surface area contributed by atoms with E-state index in [1.807, 2.05) is 0 Å². The third-order valence-electron chi connectivity index (χ3n) is 2.41. The zero-order valence-corrected chi connectivity index (χ0v) is 11.0. The van der Waals surface area contributed by atoms with Crippen LogP contribution in [0.4, 0.5) is 0 Å². The van der Waals surface area contributed by atoms with Gasteiger partial charge in [-0.1, -0.05) is 39.3 Å². The molecule has 4 nitrogen and oxygen atoms in total. The molecule has 1 atom stereocenters. The summed E-state index contributed by atoms with van der Waals surface area (Å²) in [6.45, 7) is 8.83. The van der Waals surface area contributed by atoms with Gasteiger partial charge < -0.3 is 9.47 Å². The molecule has 0 aliphatic rings. The SMILES string of the molecule is C=CC(=O)OCC(CCCCCC)OC(=O)C=C. The quantitative estimate of drug-likeness (QED) is 0.342. The molecule has 0 heterocycles. The van der Waals surface area contributed by atoms with Gasteiger partial charge in [0, 0.05) is 12.2 Å². The molecule has 0 radical (unpaired) electrons. The molecule has 0 aliphatic heterocycles. The summed E-state index contributed by atoms with van der Waals surface area (Å²) in [5, 5.41) is 0. The Morgan fingerprint density at radius 3 is 2.33 bits per heavy atom. The molecule has 0 saturated carbocycles. The number of esters is 2. The molecule has 0 fully saturated rings. The number of ether oxygens (including phenoxy) is 2. The van der Waals surface area contributed by atoms with Gasteiger partial charge >= 0.3 is 11.9 Å². The zero-order valence-electron chi connectivity index (χ0n) is 11.0. The average Bonchev–Trinajstić information content (AvgIpc) is 2.39. The monoisotopic (exact) mass is 254 g/mol. The van der Waals surface area contributed by atoms with Crippen LogP contribution in [-0.4, -0.2) is 24.6 Å². The molecule has 0 amide bonds. The zero-order chi connectivity index (χ0) is 13.8. The second kappa shape index (κ2) is 10.6. The Morgan fingerprint density at radius 1 is 1.11 bits per heavy atom. The summed E-state index contributed by atoms with van der Waals surface area (Å²) >= 11 is 0. The Hall–Kier alpha value is -1.58. The molecule has 4 heteroatoms. The van der Waals surface area contributed by atoms with Crippen molar-refractivity contribution in [2.75, 3.05) is 6.61 Å². The van der Waals surface area contributed by atoms with E-state index in [0.29, 0.717) is 6.42 Å². The Bertz CT molecular complexity index is 284. The fraction of sp³-hybridized carbons (Fsp3) is 0.571. The van der Waals surface area contributed by atoms with Gasteiger partial charge in [-0.25, -0.2) is 9.59 Å². The van der Waals surface area contributed by atoms with E-state index in [1.165, 1.54) is 0 Å². The first kappa shape index (κ1) is 16.4. The van der Waals surface area contributed by atoms with Crippen molar-refractivity contribution in [2.24, 2.45) is 0 Å². The maximum atomic E-state index is 11.1. The van der Waals surface area contributed by atoms with Crippen molar-refractivity contribution in [3.63, 3.8) is 0 Å². The van der Waals surface area contributed by atoms with Crippen LogP contribution in [0, 0.1) is 0 Å². The van der Waals surface area contributed by atoms with E-state index in [0.717, 1.165) is 37.8 Å². The Labute approximate surface area is 109 Å². The molecule has 0 rings (SSSR count). The van der Waals surface area contributed by atoms with Crippen molar-refractivity contribution in [1.82, 2.24) is 0 Å². The van der Waals surface area contributed by atoms with Crippen LogP contribution in [0.2, 0.25) is 0 Å². The summed E-state index contributed by atoms with van der Waals surface area (Å²) in [7, 11) is 0. The molecule has 0 saturated heterocycles. The molecule has 18 heavy (non-hydrogen) atoms. The van der Waals surface area contributed by atoms with Gasteiger partial charge in [-0.3, -0.25) is 0 Å². The Balaban J connectivity index is 4.06. The summed E-state index contributed by atoms with van der Waals surface area (Å²) in [6.07, 6.45) is 6.78. The van der Waals surface area contributed by atoms with Crippen molar-refractivity contribution >= 4 is 11.9 Å². The average molecular weight is 254 g/mol. The second-order valence-corrected chi connectivity index (χ2v) is 3.95. The summed E-state index contributed by atoms with van der Waals surface area (Å²) < 4.78 is 9.99. The number of carbonyl (C=O) groups is 2. The highest BCUT2D eigenvalue weighted by Crippen LogP contribution is 2.09. The predicted molar refractivity (Wildman–Crippen MR) is 70.0 cm³/mol. The molecular weight excluding hydrogens is 232 g/mol. The Morgan fingerprint density at radius 2 is 1.78 bits per heavy atom. The van der Waals surface area contributed by atoms with Gasteiger partial charge in [0.1, 0.15) is 12.7 Å². The van der Waals surface area contributed by atoms with Crippen molar-refractivity contribution in [2.45, 2.75) is 45.1 Å².